The number of fused-ring (bicyclic) bond motifs is 2. The molecule has 22 heavy (non-hydrogen) atoms. The highest BCUT2D eigenvalue weighted by Crippen LogP contribution is 2.57. The molecule has 114 valence electrons. The lowest BCUT2D eigenvalue weighted by molar-refractivity contribution is -0.117. The van der Waals surface area contributed by atoms with Crippen LogP contribution in [0.5, 0.6) is 5.75 Å². The first-order valence-electron chi connectivity index (χ1n) is 8.84. The molecule has 0 amide bonds. The first-order chi connectivity index (χ1) is 10.8. The lowest BCUT2D eigenvalue weighted by atomic mass is 9.60. The van der Waals surface area contributed by atoms with Crippen LogP contribution in [0.3, 0.4) is 0 Å². The van der Waals surface area contributed by atoms with Gasteiger partial charge in [-0.1, -0.05) is 18.1 Å². The third-order valence-electron chi connectivity index (χ3n) is 6.31. The van der Waals surface area contributed by atoms with Gasteiger partial charge in [0, 0.05) is 12.0 Å². The Morgan fingerprint density at radius 1 is 1.00 bits per heavy atom. The number of benzene rings is 1. The fourth-order valence-electron chi connectivity index (χ4n) is 5.27. The van der Waals surface area contributed by atoms with Crippen LogP contribution in [0.2, 0.25) is 0 Å². The third kappa shape index (κ3) is 1.59. The van der Waals surface area contributed by atoms with Crippen LogP contribution in [0.4, 0.5) is 0 Å². The van der Waals surface area contributed by atoms with Crippen molar-refractivity contribution in [1.29, 1.82) is 0 Å². The first-order valence-corrected chi connectivity index (χ1v) is 8.84. The summed E-state index contributed by atoms with van der Waals surface area (Å²) in [4.78, 5) is 12.1. The van der Waals surface area contributed by atoms with Crippen molar-refractivity contribution >= 4 is 5.78 Å². The van der Waals surface area contributed by atoms with E-state index in [-0.39, 0.29) is 17.3 Å². The molecule has 1 fully saturated rings. The SMILES string of the molecule is O=C1C=C2CCCC[C@]23c2cc4c(cc2O[C@H]3C1)CCCC4. The predicted octanol–water partition coefficient (Wildman–Crippen LogP) is 4.04. The summed E-state index contributed by atoms with van der Waals surface area (Å²) >= 11 is 0. The van der Waals surface area contributed by atoms with Crippen LogP contribution in [0.25, 0.3) is 0 Å². The zero-order valence-electron chi connectivity index (χ0n) is 13.0. The highest BCUT2D eigenvalue weighted by Gasteiger charge is 2.54. The summed E-state index contributed by atoms with van der Waals surface area (Å²) in [6, 6.07) is 4.74. The second-order valence-corrected chi connectivity index (χ2v) is 7.45. The zero-order valence-corrected chi connectivity index (χ0v) is 13.0. The number of carbonyl (C=O) groups excluding carboxylic acids is 1. The molecule has 1 heterocycles. The van der Waals surface area contributed by atoms with Gasteiger partial charge in [-0.15, -0.1) is 0 Å². The molecule has 0 aromatic heterocycles. The molecule has 0 saturated heterocycles. The van der Waals surface area contributed by atoms with Gasteiger partial charge < -0.3 is 4.74 Å². The standard InChI is InChI=1S/C20H22O2/c21-16-11-15-7-3-4-8-20(15)17-9-13-5-1-2-6-14(13)10-18(17)22-19(20)12-16/h9-11,19H,1-8,12H2/t19-,20+/m0/s1. The Bertz CT molecular complexity index is 700. The maximum atomic E-state index is 12.1. The third-order valence-corrected chi connectivity index (χ3v) is 6.31. The van der Waals surface area contributed by atoms with Gasteiger partial charge in [-0.2, -0.15) is 0 Å². The van der Waals surface area contributed by atoms with Crippen molar-refractivity contribution in [3.8, 4) is 5.75 Å². The van der Waals surface area contributed by atoms with Gasteiger partial charge in [0.15, 0.2) is 5.78 Å². The van der Waals surface area contributed by atoms with E-state index in [1.165, 1.54) is 60.8 Å². The zero-order chi connectivity index (χ0) is 14.7. The number of hydrogen-bond acceptors (Lipinski definition) is 2. The van der Waals surface area contributed by atoms with E-state index in [1.54, 1.807) is 0 Å². The number of rotatable bonds is 0. The number of ketones is 1. The second-order valence-electron chi connectivity index (χ2n) is 7.45. The number of hydrogen-bond donors (Lipinski definition) is 0. The quantitative estimate of drug-likeness (QED) is 0.722. The second kappa shape index (κ2) is 4.47. The number of aryl methyl sites for hydroxylation is 2. The smallest absolute Gasteiger partial charge is 0.159 e. The average molecular weight is 294 g/mol. The molecule has 1 aromatic rings. The Hall–Kier alpha value is -1.57. The molecule has 2 nitrogen and oxygen atoms in total. The van der Waals surface area contributed by atoms with E-state index in [1.807, 2.05) is 6.08 Å². The van der Waals surface area contributed by atoms with E-state index in [0.717, 1.165) is 18.6 Å². The Labute approximate surface area is 131 Å². The fourth-order valence-corrected chi connectivity index (χ4v) is 5.27. The van der Waals surface area contributed by atoms with Crippen LogP contribution in [0, 0.1) is 0 Å². The summed E-state index contributed by atoms with van der Waals surface area (Å²) in [5, 5.41) is 0. The summed E-state index contributed by atoms with van der Waals surface area (Å²) in [5.74, 6) is 1.34. The van der Waals surface area contributed by atoms with E-state index >= 15 is 0 Å². The largest absolute Gasteiger partial charge is 0.488 e. The van der Waals surface area contributed by atoms with Crippen molar-refractivity contribution in [2.75, 3.05) is 0 Å². The minimum Gasteiger partial charge on any atom is -0.488 e. The van der Waals surface area contributed by atoms with Crippen molar-refractivity contribution in [2.24, 2.45) is 0 Å². The van der Waals surface area contributed by atoms with E-state index in [0.29, 0.717) is 6.42 Å². The molecule has 0 N–H and O–H groups in total. The van der Waals surface area contributed by atoms with Crippen molar-refractivity contribution in [2.45, 2.75) is 69.3 Å². The molecule has 0 bridgehead atoms. The van der Waals surface area contributed by atoms with Crippen molar-refractivity contribution < 1.29 is 9.53 Å². The molecule has 1 aromatic carbocycles. The van der Waals surface area contributed by atoms with Crippen molar-refractivity contribution in [3.63, 3.8) is 0 Å². The van der Waals surface area contributed by atoms with Crippen LogP contribution in [-0.4, -0.2) is 11.9 Å². The van der Waals surface area contributed by atoms with Crippen molar-refractivity contribution in [3.05, 3.63) is 40.5 Å². The molecule has 1 aliphatic heterocycles. The summed E-state index contributed by atoms with van der Waals surface area (Å²) < 4.78 is 6.35. The number of allylic oxidation sites excluding steroid dienone is 1. The maximum Gasteiger partial charge on any atom is 0.159 e. The minimum absolute atomic E-state index is 0.0218. The number of carbonyl (C=O) groups is 1. The molecule has 1 spiro atoms. The molecule has 5 rings (SSSR count). The normalized spacial score (nSPS) is 32.3. The molecule has 2 atom stereocenters. The van der Waals surface area contributed by atoms with Crippen LogP contribution in [-0.2, 0) is 23.1 Å². The summed E-state index contributed by atoms with van der Waals surface area (Å²) in [6.07, 6.45) is 12.3. The highest BCUT2D eigenvalue weighted by molar-refractivity contribution is 5.93. The molecule has 3 aliphatic carbocycles. The Kier molecular flexibility index (Phi) is 2.62. The Balaban J connectivity index is 1.71. The Morgan fingerprint density at radius 3 is 2.64 bits per heavy atom. The highest BCUT2D eigenvalue weighted by atomic mass is 16.5. The lowest BCUT2D eigenvalue weighted by Gasteiger charge is -2.42. The lowest BCUT2D eigenvalue weighted by Crippen LogP contribution is -2.45. The van der Waals surface area contributed by atoms with E-state index in [2.05, 4.69) is 12.1 Å². The minimum atomic E-state index is 0.0218. The van der Waals surface area contributed by atoms with Gasteiger partial charge in [0.2, 0.25) is 0 Å². The van der Waals surface area contributed by atoms with Crippen LogP contribution in [0.1, 0.15) is 61.6 Å². The van der Waals surface area contributed by atoms with Gasteiger partial charge >= 0.3 is 0 Å². The van der Waals surface area contributed by atoms with Crippen molar-refractivity contribution in [1.82, 2.24) is 0 Å². The average Bonchev–Trinajstić information content (AvgIpc) is 2.83. The van der Waals surface area contributed by atoms with Gasteiger partial charge in [0.1, 0.15) is 11.9 Å². The van der Waals surface area contributed by atoms with E-state index in [9.17, 15) is 4.79 Å². The van der Waals surface area contributed by atoms with Gasteiger partial charge in [-0.3, -0.25) is 4.79 Å². The molecule has 0 radical (unpaired) electrons. The van der Waals surface area contributed by atoms with Gasteiger partial charge in [-0.25, -0.2) is 0 Å². The first kappa shape index (κ1) is 12.9. The molecule has 1 saturated carbocycles. The molecular weight excluding hydrogens is 272 g/mol. The van der Waals surface area contributed by atoms with E-state index < -0.39 is 0 Å². The summed E-state index contributed by atoms with van der Waals surface area (Å²) in [7, 11) is 0. The van der Waals surface area contributed by atoms with Gasteiger partial charge in [0.25, 0.3) is 0 Å². The monoisotopic (exact) mass is 294 g/mol. The number of ether oxygens (including phenoxy) is 1. The van der Waals surface area contributed by atoms with E-state index in [4.69, 9.17) is 4.74 Å². The van der Waals surface area contributed by atoms with Gasteiger partial charge in [-0.05, 0) is 68.2 Å². The molecule has 2 heteroatoms. The van der Waals surface area contributed by atoms with Crippen LogP contribution in [0.15, 0.2) is 23.8 Å². The van der Waals surface area contributed by atoms with Crippen LogP contribution >= 0.6 is 0 Å². The Morgan fingerprint density at radius 2 is 1.77 bits per heavy atom. The molecule has 4 aliphatic rings. The molecular formula is C20H22O2. The maximum absolute atomic E-state index is 12.1. The molecule has 0 unspecified atom stereocenters. The summed E-state index contributed by atoms with van der Waals surface area (Å²) in [5.41, 5.74) is 5.79. The predicted molar refractivity (Wildman–Crippen MR) is 85.4 cm³/mol. The summed E-state index contributed by atoms with van der Waals surface area (Å²) in [6.45, 7) is 0. The topological polar surface area (TPSA) is 26.3 Å². The van der Waals surface area contributed by atoms with Crippen LogP contribution < -0.4 is 4.74 Å². The van der Waals surface area contributed by atoms with Gasteiger partial charge in [0.05, 0.1) is 5.41 Å². The fraction of sp³-hybridized carbons (Fsp3) is 0.550.